The van der Waals surface area contributed by atoms with Crippen molar-refractivity contribution in [2.45, 2.75) is 76.8 Å². The van der Waals surface area contributed by atoms with Crippen molar-refractivity contribution in [1.82, 2.24) is 0 Å². The molecule has 3 rings (SSSR count). The molecule has 4 heteroatoms. The van der Waals surface area contributed by atoms with Gasteiger partial charge >= 0.3 is 0 Å². The summed E-state index contributed by atoms with van der Waals surface area (Å²) in [7, 11) is 0. The largest absolute Gasteiger partial charge is 0.491 e. The van der Waals surface area contributed by atoms with Crippen LogP contribution in [0.15, 0.2) is 12.1 Å². The van der Waals surface area contributed by atoms with E-state index in [2.05, 4.69) is 6.92 Å². The van der Waals surface area contributed by atoms with E-state index in [1.54, 1.807) is 13.0 Å². The monoisotopic (exact) mass is 354 g/mol. The molecule has 0 spiro atoms. The Bertz CT molecular complexity index is 603. The molecule has 4 unspecified atom stereocenters. The van der Waals surface area contributed by atoms with Crippen molar-refractivity contribution in [2.24, 2.45) is 11.8 Å². The molecule has 0 bridgehead atoms. The highest BCUT2D eigenvalue weighted by atomic mass is 19.2. The Labute approximate surface area is 149 Å². The lowest BCUT2D eigenvalue weighted by atomic mass is 9.88. The van der Waals surface area contributed by atoms with Crippen LogP contribution in [-0.2, 0) is 0 Å². The van der Waals surface area contributed by atoms with E-state index in [9.17, 15) is 8.78 Å². The molecule has 0 aliphatic heterocycles. The zero-order chi connectivity index (χ0) is 18.0. The van der Waals surface area contributed by atoms with E-state index < -0.39 is 17.3 Å². The first-order valence-corrected chi connectivity index (χ1v) is 9.78. The minimum atomic E-state index is -1.21. The summed E-state index contributed by atoms with van der Waals surface area (Å²) in [4.78, 5) is 0. The van der Waals surface area contributed by atoms with Crippen molar-refractivity contribution in [3.05, 3.63) is 29.3 Å². The molecule has 0 N–H and O–H groups in total. The molecule has 2 saturated carbocycles. The van der Waals surface area contributed by atoms with Gasteiger partial charge in [-0.15, -0.1) is 0 Å². The van der Waals surface area contributed by atoms with Crippen molar-refractivity contribution in [3.8, 4) is 5.75 Å². The SMILES string of the molecule is CCCC1CCC2CC(c3ccc(OCC)c(F)c3F)CC2(F)CC1. The Hall–Kier alpha value is -1.19. The zero-order valence-corrected chi connectivity index (χ0v) is 15.3. The van der Waals surface area contributed by atoms with Crippen LogP contribution >= 0.6 is 0 Å². The molecule has 140 valence electrons. The van der Waals surface area contributed by atoms with Crippen molar-refractivity contribution < 1.29 is 17.9 Å². The Morgan fingerprint density at radius 3 is 2.64 bits per heavy atom. The summed E-state index contributed by atoms with van der Waals surface area (Å²) in [5, 5.41) is 0. The molecule has 0 amide bonds. The second kappa shape index (κ2) is 7.59. The van der Waals surface area contributed by atoms with Crippen molar-refractivity contribution >= 4 is 0 Å². The molecular formula is C21H29F3O. The predicted octanol–water partition coefficient (Wildman–Crippen LogP) is 6.56. The van der Waals surface area contributed by atoms with Gasteiger partial charge in [-0.2, -0.15) is 4.39 Å². The third-order valence-electron chi connectivity index (χ3n) is 6.29. The fourth-order valence-corrected chi connectivity index (χ4v) is 4.99. The Morgan fingerprint density at radius 1 is 1.12 bits per heavy atom. The first-order valence-electron chi connectivity index (χ1n) is 9.78. The van der Waals surface area contributed by atoms with Crippen molar-refractivity contribution in [3.63, 3.8) is 0 Å². The van der Waals surface area contributed by atoms with Crippen LogP contribution in [0.1, 0.15) is 76.7 Å². The lowest BCUT2D eigenvalue weighted by Crippen LogP contribution is -2.26. The molecule has 2 aliphatic carbocycles. The van der Waals surface area contributed by atoms with Crippen LogP contribution in [-0.4, -0.2) is 12.3 Å². The lowest BCUT2D eigenvalue weighted by molar-refractivity contribution is 0.0992. The lowest BCUT2D eigenvalue weighted by Gasteiger charge is -2.24. The highest BCUT2D eigenvalue weighted by Gasteiger charge is 2.49. The maximum Gasteiger partial charge on any atom is 0.200 e. The summed E-state index contributed by atoms with van der Waals surface area (Å²) in [6, 6.07) is 3.07. The molecule has 1 aromatic carbocycles. The van der Waals surface area contributed by atoms with Crippen LogP contribution in [0.3, 0.4) is 0 Å². The first kappa shape index (κ1) is 18.6. The number of alkyl halides is 1. The van der Waals surface area contributed by atoms with Crippen LogP contribution in [0.2, 0.25) is 0 Å². The molecule has 0 radical (unpaired) electrons. The molecule has 0 saturated heterocycles. The van der Waals surface area contributed by atoms with Gasteiger partial charge in [0.25, 0.3) is 0 Å². The topological polar surface area (TPSA) is 9.23 Å². The van der Waals surface area contributed by atoms with Crippen molar-refractivity contribution in [2.75, 3.05) is 6.61 Å². The summed E-state index contributed by atoms with van der Waals surface area (Å²) < 4.78 is 49.4. The van der Waals surface area contributed by atoms with Gasteiger partial charge in [0, 0.05) is 0 Å². The molecule has 0 aromatic heterocycles. The van der Waals surface area contributed by atoms with Crippen LogP contribution < -0.4 is 4.74 Å². The highest BCUT2D eigenvalue weighted by molar-refractivity contribution is 5.34. The molecule has 1 nitrogen and oxygen atoms in total. The maximum atomic E-state index is 15.6. The van der Waals surface area contributed by atoms with E-state index in [0.29, 0.717) is 30.7 Å². The number of ether oxygens (including phenoxy) is 1. The number of hydrogen-bond acceptors (Lipinski definition) is 1. The van der Waals surface area contributed by atoms with E-state index in [0.717, 1.165) is 25.7 Å². The fraction of sp³-hybridized carbons (Fsp3) is 0.714. The molecule has 4 atom stereocenters. The minimum Gasteiger partial charge on any atom is -0.491 e. The van der Waals surface area contributed by atoms with Gasteiger partial charge in [-0.25, -0.2) is 8.78 Å². The number of halogens is 3. The molecule has 25 heavy (non-hydrogen) atoms. The third-order valence-corrected chi connectivity index (χ3v) is 6.29. The summed E-state index contributed by atoms with van der Waals surface area (Å²) in [6.07, 6.45) is 6.70. The van der Waals surface area contributed by atoms with Gasteiger partial charge in [0.05, 0.1) is 6.61 Å². The quantitative estimate of drug-likeness (QED) is 0.582. The Kier molecular flexibility index (Phi) is 5.65. The van der Waals surface area contributed by atoms with E-state index in [1.807, 2.05) is 0 Å². The summed E-state index contributed by atoms with van der Waals surface area (Å²) >= 11 is 0. The first-order chi connectivity index (χ1) is 12.0. The van der Waals surface area contributed by atoms with Crippen LogP contribution in [0, 0.1) is 23.5 Å². The standard InChI is InChI=1S/C21H29F3O/c1-3-5-14-6-7-16-12-15(13-21(16,24)11-10-14)17-8-9-18(25-4-2)20(23)19(17)22/h8-9,14-16H,3-7,10-13H2,1-2H3. The number of rotatable bonds is 5. The molecule has 2 aliphatic rings. The smallest absolute Gasteiger partial charge is 0.200 e. The van der Waals surface area contributed by atoms with Gasteiger partial charge in [0.2, 0.25) is 5.82 Å². The van der Waals surface area contributed by atoms with E-state index in [-0.39, 0.29) is 24.2 Å². The van der Waals surface area contributed by atoms with Gasteiger partial charge in [-0.1, -0.05) is 32.3 Å². The van der Waals surface area contributed by atoms with Gasteiger partial charge in [-0.05, 0) is 68.4 Å². The van der Waals surface area contributed by atoms with Gasteiger partial charge in [0.15, 0.2) is 11.6 Å². The van der Waals surface area contributed by atoms with Gasteiger partial charge < -0.3 is 4.74 Å². The second-order valence-corrected chi connectivity index (χ2v) is 7.85. The molecule has 2 fully saturated rings. The van der Waals surface area contributed by atoms with Crippen LogP contribution in [0.25, 0.3) is 0 Å². The van der Waals surface area contributed by atoms with Gasteiger partial charge in [-0.3, -0.25) is 0 Å². The molecular weight excluding hydrogens is 325 g/mol. The fourth-order valence-electron chi connectivity index (χ4n) is 4.99. The second-order valence-electron chi connectivity index (χ2n) is 7.85. The van der Waals surface area contributed by atoms with E-state index in [4.69, 9.17) is 4.74 Å². The van der Waals surface area contributed by atoms with Gasteiger partial charge in [0.1, 0.15) is 5.67 Å². The number of hydrogen-bond donors (Lipinski definition) is 0. The van der Waals surface area contributed by atoms with Crippen LogP contribution in [0.5, 0.6) is 5.75 Å². The minimum absolute atomic E-state index is 0.0200. The van der Waals surface area contributed by atoms with E-state index in [1.165, 1.54) is 12.5 Å². The summed E-state index contributed by atoms with van der Waals surface area (Å²) in [5.41, 5.74) is -0.898. The zero-order valence-electron chi connectivity index (χ0n) is 15.3. The Balaban J connectivity index is 1.76. The van der Waals surface area contributed by atoms with Crippen LogP contribution in [0.4, 0.5) is 13.2 Å². The molecule has 1 aromatic rings. The predicted molar refractivity (Wildman–Crippen MR) is 93.7 cm³/mol. The Morgan fingerprint density at radius 2 is 1.92 bits per heavy atom. The normalized spacial score (nSPS) is 32.3. The van der Waals surface area contributed by atoms with Crippen molar-refractivity contribution in [1.29, 1.82) is 0 Å². The summed E-state index contributed by atoms with van der Waals surface area (Å²) in [5.74, 6) is -1.49. The number of benzene rings is 1. The maximum absolute atomic E-state index is 15.6. The number of fused-ring (bicyclic) bond motifs is 1. The average molecular weight is 354 g/mol. The molecule has 0 heterocycles. The highest BCUT2D eigenvalue weighted by Crippen LogP contribution is 2.54. The summed E-state index contributed by atoms with van der Waals surface area (Å²) in [6.45, 7) is 4.19. The average Bonchev–Trinajstić information content (AvgIpc) is 2.84. The van der Waals surface area contributed by atoms with E-state index >= 15 is 4.39 Å². The third kappa shape index (κ3) is 3.68.